The van der Waals surface area contributed by atoms with Crippen LogP contribution >= 0.6 is 35.6 Å². The van der Waals surface area contributed by atoms with Crippen molar-refractivity contribution >= 4 is 63.3 Å². The van der Waals surface area contributed by atoms with E-state index in [2.05, 4.69) is 10.2 Å². The lowest BCUT2D eigenvalue weighted by molar-refractivity contribution is -0.121. The first-order chi connectivity index (χ1) is 12.5. The van der Waals surface area contributed by atoms with E-state index in [1.165, 1.54) is 22.7 Å². The van der Waals surface area contributed by atoms with Crippen LogP contribution in [-0.4, -0.2) is 26.8 Å². The highest BCUT2D eigenvalue weighted by Gasteiger charge is 2.30. The van der Waals surface area contributed by atoms with Crippen molar-refractivity contribution in [1.29, 1.82) is 0 Å². The molecule has 0 radical (unpaired) electrons. The summed E-state index contributed by atoms with van der Waals surface area (Å²) in [4.78, 5) is 14.3. The molecule has 8 heteroatoms. The van der Waals surface area contributed by atoms with Crippen LogP contribution in [-0.2, 0) is 4.79 Å². The van der Waals surface area contributed by atoms with Crippen LogP contribution in [0.1, 0.15) is 12.5 Å². The number of phenols is 1. The number of amides is 1. The fourth-order valence-corrected chi connectivity index (χ4v) is 3.83. The van der Waals surface area contributed by atoms with Crippen LogP contribution in [0.4, 0.5) is 11.4 Å². The van der Waals surface area contributed by atoms with Gasteiger partial charge in [-0.2, -0.15) is 5.11 Å². The van der Waals surface area contributed by atoms with Gasteiger partial charge in [0, 0.05) is 12.1 Å². The quantitative estimate of drug-likeness (QED) is 0.405. The molecule has 1 amide bonds. The van der Waals surface area contributed by atoms with Crippen LogP contribution in [0.15, 0.2) is 57.6 Å². The lowest BCUT2D eigenvalue weighted by Gasteiger charge is -2.09. The van der Waals surface area contributed by atoms with E-state index in [-0.39, 0.29) is 11.7 Å². The molecule has 0 aromatic heterocycles. The van der Waals surface area contributed by atoms with Gasteiger partial charge in [-0.25, -0.2) is 0 Å². The number of carbonyl (C=O) groups excluding carboxylic acids is 1. The number of phenolic OH excluding ortho intramolecular Hbond substituents is 1. The molecule has 0 unspecified atom stereocenters. The maximum atomic E-state index is 12.3. The van der Waals surface area contributed by atoms with Crippen molar-refractivity contribution in [3.05, 3.63) is 58.0 Å². The van der Waals surface area contributed by atoms with Gasteiger partial charge in [0.05, 0.1) is 15.6 Å². The summed E-state index contributed by atoms with van der Waals surface area (Å²) in [6.45, 7) is 2.38. The van der Waals surface area contributed by atoms with Crippen molar-refractivity contribution in [3.63, 3.8) is 0 Å². The number of rotatable bonds is 4. The van der Waals surface area contributed by atoms with Crippen LogP contribution in [0.25, 0.3) is 6.08 Å². The Labute approximate surface area is 165 Å². The summed E-state index contributed by atoms with van der Waals surface area (Å²) in [7, 11) is 0. The number of azo groups is 1. The van der Waals surface area contributed by atoms with E-state index in [9.17, 15) is 9.90 Å². The van der Waals surface area contributed by atoms with Gasteiger partial charge in [0.25, 0.3) is 5.91 Å². The summed E-state index contributed by atoms with van der Waals surface area (Å²) in [5, 5.41) is 18.9. The van der Waals surface area contributed by atoms with Gasteiger partial charge in [-0.05, 0) is 43.3 Å². The number of thioether (sulfide) groups is 1. The molecule has 1 heterocycles. The number of halogens is 1. The smallest absolute Gasteiger partial charge is 0.266 e. The Balaban J connectivity index is 1.89. The molecule has 132 valence electrons. The second-order valence-electron chi connectivity index (χ2n) is 5.32. The van der Waals surface area contributed by atoms with Gasteiger partial charge in [0.1, 0.15) is 15.8 Å². The van der Waals surface area contributed by atoms with Crippen molar-refractivity contribution in [1.82, 2.24) is 4.90 Å². The number of hydrogen-bond donors (Lipinski definition) is 1. The van der Waals surface area contributed by atoms with Crippen molar-refractivity contribution < 1.29 is 9.90 Å². The number of nitrogens with zero attached hydrogens (tertiary/aromatic N) is 3. The lowest BCUT2D eigenvalue weighted by Crippen LogP contribution is -2.27. The Hall–Kier alpha value is -2.22. The highest BCUT2D eigenvalue weighted by molar-refractivity contribution is 8.26. The van der Waals surface area contributed by atoms with E-state index in [1.807, 2.05) is 19.1 Å². The maximum absolute atomic E-state index is 12.3. The molecule has 1 N–H and O–H groups in total. The molecule has 1 fully saturated rings. The summed E-state index contributed by atoms with van der Waals surface area (Å²) in [5.74, 6) is -0.117. The average Bonchev–Trinajstić information content (AvgIpc) is 2.89. The fraction of sp³-hybridized carbons (Fsp3) is 0.111. The van der Waals surface area contributed by atoms with Crippen LogP contribution in [0.5, 0.6) is 5.75 Å². The zero-order valence-electron chi connectivity index (χ0n) is 13.7. The summed E-state index contributed by atoms with van der Waals surface area (Å²) >= 11 is 12.5. The zero-order valence-corrected chi connectivity index (χ0v) is 16.1. The van der Waals surface area contributed by atoms with Gasteiger partial charge in [0.2, 0.25) is 0 Å². The minimum absolute atomic E-state index is 0.0449. The van der Waals surface area contributed by atoms with E-state index in [0.717, 1.165) is 0 Å². The predicted molar refractivity (Wildman–Crippen MR) is 109 cm³/mol. The summed E-state index contributed by atoms with van der Waals surface area (Å²) in [6.07, 6.45) is 1.61. The van der Waals surface area contributed by atoms with Gasteiger partial charge < -0.3 is 5.11 Å². The summed E-state index contributed by atoms with van der Waals surface area (Å²) < 4.78 is 0.512. The largest absolute Gasteiger partial charge is 0.507 e. The van der Waals surface area contributed by atoms with Crippen molar-refractivity contribution in [2.24, 2.45) is 10.2 Å². The summed E-state index contributed by atoms with van der Waals surface area (Å²) in [5.41, 5.74) is 1.55. The number of aromatic hydroxyl groups is 1. The molecule has 0 atom stereocenters. The van der Waals surface area contributed by atoms with Crippen LogP contribution in [0.3, 0.4) is 0 Å². The Kier molecular flexibility index (Phi) is 5.70. The second-order valence-corrected chi connectivity index (χ2v) is 7.40. The monoisotopic (exact) mass is 403 g/mol. The van der Waals surface area contributed by atoms with E-state index in [1.54, 1.807) is 30.3 Å². The molecule has 3 rings (SSSR count). The molecule has 0 aliphatic carbocycles. The Morgan fingerprint density at radius 2 is 2.04 bits per heavy atom. The van der Waals surface area contributed by atoms with Crippen LogP contribution < -0.4 is 0 Å². The summed E-state index contributed by atoms with van der Waals surface area (Å²) in [6, 6.07) is 11.9. The van der Waals surface area contributed by atoms with E-state index >= 15 is 0 Å². The van der Waals surface area contributed by atoms with Gasteiger partial charge in [-0.3, -0.25) is 9.69 Å². The standard InChI is InChI=1S/C18H14ClN3O2S2/c1-2-22-17(24)16(26-18(22)25)10-11-9-12(7-8-15(11)23)20-21-14-6-4-3-5-13(14)19/h3-10,23H,2H2,1H3/b16-10+,21-20?. The van der Waals surface area contributed by atoms with Crippen molar-refractivity contribution in [2.75, 3.05) is 6.54 Å². The molecule has 2 aromatic carbocycles. The first kappa shape index (κ1) is 18.6. The van der Waals surface area contributed by atoms with E-state index < -0.39 is 0 Å². The first-order valence-corrected chi connectivity index (χ1v) is 9.34. The zero-order chi connectivity index (χ0) is 18.7. The number of thiocarbonyl (C=S) groups is 1. The molecule has 2 aromatic rings. The topological polar surface area (TPSA) is 65.3 Å². The van der Waals surface area contributed by atoms with Gasteiger partial charge in [0.15, 0.2) is 0 Å². The minimum atomic E-state index is -0.162. The molecule has 1 aliphatic heterocycles. The number of hydrogen-bond acceptors (Lipinski definition) is 6. The predicted octanol–water partition coefficient (Wildman–Crippen LogP) is 5.68. The molecule has 5 nitrogen and oxygen atoms in total. The van der Waals surface area contributed by atoms with Crippen molar-refractivity contribution in [3.8, 4) is 5.75 Å². The Morgan fingerprint density at radius 3 is 2.73 bits per heavy atom. The van der Waals surface area contributed by atoms with E-state index in [0.29, 0.717) is 37.7 Å². The molecule has 0 bridgehead atoms. The molecule has 0 saturated carbocycles. The van der Waals surface area contributed by atoms with Crippen LogP contribution in [0.2, 0.25) is 5.02 Å². The Bertz CT molecular complexity index is 944. The molecule has 26 heavy (non-hydrogen) atoms. The molecular weight excluding hydrogens is 390 g/mol. The average molecular weight is 404 g/mol. The minimum Gasteiger partial charge on any atom is -0.507 e. The third-order valence-corrected chi connectivity index (χ3v) is 5.31. The fourth-order valence-electron chi connectivity index (χ4n) is 2.28. The van der Waals surface area contributed by atoms with E-state index in [4.69, 9.17) is 23.8 Å². The number of benzene rings is 2. The molecule has 1 saturated heterocycles. The molecule has 1 aliphatic rings. The third kappa shape index (κ3) is 3.95. The van der Waals surface area contributed by atoms with Crippen LogP contribution in [0, 0.1) is 0 Å². The maximum Gasteiger partial charge on any atom is 0.266 e. The Morgan fingerprint density at radius 1 is 1.27 bits per heavy atom. The number of carbonyl (C=O) groups is 1. The highest BCUT2D eigenvalue weighted by atomic mass is 35.5. The third-order valence-electron chi connectivity index (χ3n) is 3.61. The number of likely N-dealkylation sites (N-methyl/N-ethyl adjacent to an activating group) is 1. The van der Waals surface area contributed by atoms with Gasteiger partial charge in [-0.1, -0.05) is 47.7 Å². The van der Waals surface area contributed by atoms with Gasteiger partial charge >= 0.3 is 0 Å². The lowest BCUT2D eigenvalue weighted by atomic mass is 10.1. The molecular formula is C18H14ClN3O2S2. The first-order valence-electron chi connectivity index (χ1n) is 7.74. The van der Waals surface area contributed by atoms with Crippen molar-refractivity contribution in [2.45, 2.75) is 6.92 Å². The highest BCUT2D eigenvalue weighted by Crippen LogP contribution is 2.35. The second kappa shape index (κ2) is 7.99. The normalized spacial score (nSPS) is 16.2. The SMILES string of the molecule is CCN1C(=O)/C(=C\c2cc(N=Nc3ccccc3Cl)ccc2O)SC1=S. The molecule has 0 spiro atoms. The van der Waals surface area contributed by atoms with Gasteiger partial charge in [-0.15, -0.1) is 5.11 Å².